The summed E-state index contributed by atoms with van der Waals surface area (Å²) < 4.78 is 11.4. The van der Waals surface area contributed by atoms with E-state index in [4.69, 9.17) is 9.47 Å². The Labute approximate surface area is 375 Å². The second-order valence-corrected chi connectivity index (χ2v) is 18.9. The summed E-state index contributed by atoms with van der Waals surface area (Å²) in [7, 11) is 5.02. The summed E-state index contributed by atoms with van der Waals surface area (Å²) in [5.41, 5.74) is 1.38. The van der Waals surface area contributed by atoms with Gasteiger partial charge in [-0.05, 0) is 66.9 Å². The number of carbonyl (C=O) groups is 7. The molecule has 15 heteroatoms. The van der Waals surface area contributed by atoms with Crippen LogP contribution in [0.25, 0.3) is 0 Å². The first-order valence-corrected chi connectivity index (χ1v) is 23.8. The Balaban J connectivity index is 1.92. The minimum absolute atomic E-state index is 0.00659. The van der Waals surface area contributed by atoms with E-state index in [1.807, 2.05) is 54.7 Å². The lowest BCUT2D eigenvalue weighted by atomic mass is 9.83. The highest BCUT2D eigenvalue weighted by Gasteiger charge is 2.40. The van der Waals surface area contributed by atoms with Crippen molar-refractivity contribution in [3.05, 3.63) is 29.8 Å². The number of anilines is 1. The van der Waals surface area contributed by atoms with E-state index in [-0.39, 0.29) is 109 Å². The van der Waals surface area contributed by atoms with Crippen molar-refractivity contribution in [3.63, 3.8) is 0 Å². The number of ether oxygens (including phenoxy) is 2. The van der Waals surface area contributed by atoms with Gasteiger partial charge in [0.2, 0.25) is 23.6 Å². The molecule has 1 heterocycles. The highest BCUT2D eigenvalue weighted by molar-refractivity contribution is 8.00. The number of likely N-dealkylation sites (tertiary alicyclic amines) is 1. The third-order valence-electron chi connectivity index (χ3n) is 12.2. The van der Waals surface area contributed by atoms with Gasteiger partial charge >= 0.3 is 6.09 Å². The predicted octanol–water partition coefficient (Wildman–Crippen LogP) is 6.98. The number of unbranched alkanes of at least 4 members (excludes halogenated alkanes) is 2. The lowest BCUT2D eigenvalue weighted by Crippen LogP contribution is -2.52. The largest absolute Gasteiger partial charge is 0.445 e. The van der Waals surface area contributed by atoms with Gasteiger partial charge in [-0.25, -0.2) is 4.79 Å². The normalized spacial score (nSPS) is 17.1. The van der Waals surface area contributed by atoms with E-state index in [1.165, 1.54) is 21.6 Å². The van der Waals surface area contributed by atoms with Gasteiger partial charge < -0.3 is 29.9 Å². The molecule has 7 atom stereocenters. The first-order chi connectivity index (χ1) is 29.2. The fourth-order valence-electron chi connectivity index (χ4n) is 8.22. The third-order valence-corrected chi connectivity index (χ3v) is 13.1. The molecule has 1 aliphatic heterocycles. The van der Waals surface area contributed by atoms with Crippen molar-refractivity contribution in [2.24, 2.45) is 29.6 Å². The van der Waals surface area contributed by atoms with E-state index in [2.05, 4.69) is 24.5 Å². The number of carbonyl (C=O) groups excluding carboxylic acids is 7. The zero-order valence-corrected chi connectivity index (χ0v) is 40.6. The van der Waals surface area contributed by atoms with Crippen LogP contribution in [0.15, 0.2) is 24.3 Å². The molecule has 62 heavy (non-hydrogen) atoms. The molecule has 1 aliphatic rings. The zero-order valence-electron chi connectivity index (χ0n) is 39.8. The average Bonchev–Trinajstić information content (AvgIpc) is 3.51. The molecule has 1 fully saturated rings. The van der Waals surface area contributed by atoms with Gasteiger partial charge in [-0.1, -0.05) is 87.3 Å². The fraction of sp³-hybridized carbons (Fsp3) is 0.723. The number of hydrogen-bond donors (Lipinski definition) is 2. The average molecular weight is 888 g/mol. The van der Waals surface area contributed by atoms with Crippen molar-refractivity contribution in [1.29, 1.82) is 0 Å². The molecule has 2 N–H and O–H groups in total. The monoisotopic (exact) mass is 888 g/mol. The highest BCUT2D eigenvalue weighted by atomic mass is 32.2. The Morgan fingerprint density at radius 1 is 0.855 bits per heavy atom. The number of benzene rings is 1. The van der Waals surface area contributed by atoms with E-state index < -0.39 is 24.1 Å². The summed E-state index contributed by atoms with van der Waals surface area (Å²) in [5.74, 6) is -1.81. The molecule has 350 valence electrons. The number of thioether (sulfide) groups is 1. The van der Waals surface area contributed by atoms with Crippen molar-refractivity contribution in [2.45, 2.75) is 150 Å². The molecule has 1 aromatic carbocycles. The molecule has 0 saturated carbocycles. The molecule has 1 saturated heterocycles. The van der Waals surface area contributed by atoms with Crippen molar-refractivity contribution in [3.8, 4) is 0 Å². The van der Waals surface area contributed by atoms with E-state index in [1.54, 1.807) is 50.4 Å². The summed E-state index contributed by atoms with van der Waals surface area (Å²) >= 11 is 1.39. The lowest BCUT2D eigenvalue weighted by molar-refractivity contribution is -0.145. The van der Waals surface area contributed by atoms with Crippen LogP contribution in [0.1, 0.15) is 119 Å². The molecule has 0 spiro atoms. The fourth-order valence-corrected chi connectivity index (χ4v) is 8.86. The van der Waals surface area contributed by atoms with Gasteiger partial charge in [0, 0.05) is 58.6 Å². The van der Waals surface area contributed by atoms with Gasteiger partial charge in [-0.15, -0.1) is 0 Å². The molecule has 2 unspecified atom stereocenters. The Hall–Kier alpha value is -3.98. The van der Waals surface area contributed by atoms with Crippen molar-refractivity contribution in [1.82, 2.24) is 20.0 Å². The molecule has 0 bridgehead atoms. The van der Waals surface area contributed by atoms with Crippen LogP contribution in [-0.4, -0.2) is 126 Å². The maximum Gasteiger partial charge on any atom is 0.410 e. The number of nitrogens with one attached hydrogen (secondary N) is 2. The van der Waals surface area contributed by atoms with Crippen LogP contribution in [0.2, 0.25) is 0 Å². The number of ketones is 2. The molecule has 0 aliphatic carbocycles. The Kier molecular flexibility index (Phi) is 23.2. The molecule has 5 amide bonds. The van der Waals surface area contributed by atoms with Crippen molar-refractivity contribution >= 4 is 58.7 Å². The van der Waals surface area contributed by atoms with E-state index in [0.29, 0.717) is 37.1 Å². The first kappa shape index (κ1) is 54.2. The molecular formula is C47H77N5O9S. The van der Waals surface area contributed by atoms with Gasteiger partial charge in [-0.3, -0.25) is 33.7 Å². The van der Waals surface area contributed by atoms with Crippen LogP contribution in [0, 0.1) is 29.6 Å². The summed E-state index contributed by atoms with van der Waals surface area (Å²) in [6.07, 6.45) is 5.01. The minimum atomic E-state index is -0.794. The molecule has 0 aromatic heterocycles. The smallest absolute Gasteiger partial charge is 0.410 e. The van der Waals surface area contributed by atoms with Crippen LogP contribution in [-0.2, 0) is 44.8 Å². The minimum Gasteiger partial charge on any atom is -0.445 e. The molecular weight excluding hydrogens is 811 g/mol. The molecule has 1 aromatic rings. The van der Waals surface area contributed by atoms with Gasteiger partial charge in [0.15, 0.2) is 11.6 Å². The van der Waals surface area contributed by atoms with Gasteiger partial charge in [0.05, 0.1) is 36.0 Å². The number of amides is 5. The number of methoxy groups -OCH3 is 1. The topological polar surface area (TPSA) is 172 Å². The second-order valence-electron chi connectivity index (χ2n) is 17.8. The quantitative estimate of drug-likeness (QED) is 0.0657. The Morgan fingerprint density at radius 2 is 1.50 bits per heavy atom. The highest BCUT2D eigenvalue weighted by Crippen LogP contribution is 2.28. The maximum atomic E-state index is 14.0. The number of Topliss-reactive ketones (excluding diaryl/α,β-unsaturated/α-hetero) is 2. The van der Waals surface area contributed by atoms with Gasteiger partial charge in [0.25, 0.3) is 0 Å². The summed E-state index contributed by atoms with van der Waals surface area (Å²) in [4.78, 5) is 96.1. The second kappa shape index (κ2) is 26.6. The van der Waals surface area contributed by atoms with Crippen LogP contribution in [0.5, 0.6) is 0 Å². The SMILES string of the molecule is CC[C@H](C)C([C@@H](CC)OC)N(C)C(=O)[C@@H](CC(=O)[C@H](C(C)C)N(C)C(=O)OCc1ccc(NCC(=O)[C@@H](NC(=O)CCCCCN2C(=O)CC(SC)C2=O)C(C)C)cc1)C(C)C. The number of rotatable bonds is 28. The van der Waals surface area contributed by atoms with E-state index >= 15 is 0 Å². The van der Waals surface area contributed by atoms with E-state index in [0.717, 1.165) is 12.8 Å². The van der Waals surface area contributed by atoms with Gasteiger partial charge in [0.1, 0.15) is 6.61 Å². The maximum absolute atomic E-state index is 14.0. The molecule has 0 radical (unpaired) electrons. The zero-order chi connectivity index (χ0) is 46.8. The summed E-state index contributed by atoms with van der Waals surface area (Å²) in [5, 5.41) is 5.70. The van der Waals surface area contributed by atoms with Crippen molar-refractivity contribution < 1.29 is 43.0 Å². The van der Waals surface area contributed by atoms with Crippen molar-refractivity contribution in [2.75, 3.05) is 45.9 Å². The third kappa shape index (κ3) is 15.7. The van der Waals surface area contributed by atoms with E-state index in [9.17, 15) is 33.6 Å². The van der Waals surface area contributed by atoms with Crippen LogP contribution in [0.4, 0.5) is 10.5 Å². The van der Waals surface area contributed by atoms with Crippen LogP contribution in [0.3, 0.4) is 0 Å². The van der Waals surface area contributed by atoms with Crippen LogP contribution < -0.4 is 10.6 Å². The first-order valence-electron chi connectivity index (χ1n) is 22.5. The Bertz CT molecular complexity index is 1630. The number of imide groups is 1. The summed E-state index contributed by atoms with van der Waals surface area (Å²) in [6, 6.07) is 5.49. The summed E-state index contributed by atoms with van der Waals surface area (Å²) in [6.45, 7) is 17.9. The molecule has 2 rings (SSSR count). The molecule has 14 nitrogen and oxygen atoms in total. The predicted molar refractivity (Wildman–Crippen MR) is 245 cm³/mol. The lowest BCUT2D eigenvalue weighted by Gasteiger charge is -2.40. The number of nitrogens with zero attached hydrogens (tertiary/aromatic N) is 3. The Morgan fingerprint density at radius 3 is 2.02 bits per heavy atom. The standard InChI is InChI=1S/C47H77N5O9S/c1-14-32(9)44(38(15-2)60-12)50(10)45(57)35(29(3)4)25-36(53)43(31(7)8)51(11)47(59)61-28-33-20-22-34(23-21-33)48-27-37(54)42(30(5)6)49-40(55)19-17-16-18-24-52-41(56)26-39(62-13)46(52)58/h20-23,29-32,35,38-39,42-44,48H,14-19,24-28H2,1-13H3,(H,49,55)/t32-,35-,38+,39?,42-,43-,44?/m0/s1. The number of likely N-dealkylation sites (N-methyl/N-ethyl adjacent to an activating group) is 2. The van der Waals surface area contributed by atoms with Gasteiger partial charge in [-0.2, -0.15) is 11.8 Å². The number of hydrogen-bond acceptors (Lipinski definition) is 11. The van der Waals surface area contributed by atoms with Crippen LogP contribution >= 0.6 is 11.8 Å².